The number of carboxylic acids is 1. The number of carboxylic acid groups (broad SMARTS) is 1. The van der Waals surface area contributed by atoms with Gasteiger partial charge in [0.1, 0.15) is 11.6 Å². The maximum atomic E-state index is 13.4. The van der Waals surface area contributed by atoms with E-state index in [1.807, 2.05) is 0 Å². The Kier molecular flexibility index (Phi) is 3.28. The summed E-state index contributed by atoms with van der Waals surface area (Å²) in [5.74, 6) is -1.58. The van der Waals surface area contributed by atoms with Crippen molar-refractivity contribution in [3.8, 4) is 16.9 Å². The van der Waals surface area contributed by atoms with Gasteiger partial charge < -0.3 is 10.2 Å². The van der Waals surface area contributed by atoms with Crippen LogP contribution in [-0.2, 0) is 11.2 Å². The highest BCUT2D eigenvalue weighted by atomic mass is 19.1. The third-order valence-electron chi connectivity index (χ3n) is 2.60. The van der Waals surface area contributed by atoms with E-state index in [0.29, 0.717) is 11.1 Å². The number of carbonyl (C=O) groups is 1. The van der Waals surface area contributed by atoms with Crippen LogP contribution in [0.3, 0.4) is 0 Å². The fourth-order valence-electron chi connectivity index (χ4n) is 1.76. The zero-order valence-corrected chi connectivity index (χ0v) is 9.43. The van der Waals surface area contributed by atoms with Crippen LogP contribution in [0.15, 0.2) is 42.5 Å². The number of hydrogen-bond donors (Lipinski definition) is 2. The number of halogens is 1. The van der Waals surface area contributed by atoms with E-state index in [1.54, 1.807) is 18.2 Å². The fraction of sp³-hybridized carbons (Fsp3) is 0.0714. The van der Waals surface area contributed by atoms with Crippen molar-refractivity contribution in [1.29, 1.82) is 0 Å². The lowest BCUT2D eigenvalue weighted by atomic mass is 10.0. The van der Waals surface area contributed by atoms with E-state index in [0.717, 1.165) is 0 Å². The molecule has 0 fully saturated rings. The van der Waals surface area contributed by atoms with Gasteiger partial charge in [-0.15, -0.1) is 0 Å². The molecule has 2 aromatic carbocycles. The summed E-state index contributed by atoms with van der Waals surface area (Å²) in [6.45, 7) is 0. The lowest BCUT2D eigenvalue weighted by Crippen LogP contribution is -2.02. The van der Waals surface area contributed by atoms with E-state index >= 15 is 0 Å². The summed E-state index contributed by atoms with van der Waals surface area (Å²) in [6.07, 6.45) is -0.382. The lowest BCUT2D eigenvalue weighted by molar-refractivity contribution is -0.136. The zero-order chi connectivity index (χ0) is 13.1. The van der Waals surface area contributed by atoms with Crippen LogP contribution < -0.4 is 0 Å². The van der Waals surface area contributed by atoms with Crippen LogP contribution in [0.25, 0.3) is 11.1 Å². The van der Waals surface area contributed by atoms with Crippen LogP contribution in [0.5, 0.6) is 5.75 Å². The normalized spacial score (nSPS) is 10.3. The van der Waals surface area contributed by atoms with Crippen molar-refractivity contribution < 1.29 is 19.4 Å². The average molecular weight is 246 g/mol. The number of aliphatic carboxylic acids is 1. The highest BCUT2D eigenvalue weighted by molar-refractivity contribution is 5.74. The molecular formula is C14H11FO3. The smallest absolute Gasteiger partial charge is 0.307 e. The molecule has 0 bridgehead atoms. The van der Waals surface area contributed by atoms with Gasteiger partial charge in [0.25, 0.3) is 0 Å². The highest BCUT2D eigenvalue weighted by Crippen LogP contribution is 2.29. The summed E-state index contributed by atoms with van der Waals surface area (Å²) >= 11 is 0. The van der Waals surface area contributed by atoms with Gasteiger partial charge >= 0.3 is 5.97 Å². The van der Waals surface area contributed by atoms with Crippen molar-refractivity contribution in [2.75, 3.05) is 0 Å². The maximum absolute atomic E-state index is 13.4. The van der Waals surface area contributed by atoms with Gasteiger partial charge in [-0.05, 0) is 29.3 Å². The largest absolute Gasteiger partial charge is 0.507 e. The Bertz CT molecular complexity index is 593. The molecule has 0 unspecified atom stereocenters. The van der Waals surface area contributed by atoms with Crippen molar-refractivity contribution in [2.45, 2.75) is 6.42 Å². The highest BCUT2D eigenvalue weighted by Gasteiger charge is 2.10. The average Bonchev–Trinajstić information content (AvgIpc) is 2.32. The number of hydrogen-bond acceptors (Lipinski definition) is 2. The summed E-state index contributed by atoms with van der Waals surface area (Å²) in [5, 5.41) is 18.4. The fourth-order valence-corrected chi connectivity index (χ4v) is 1.76. The van der Waals surface area contributed by atoms with E-state index in [1.165, 1.54) is 24.3 Å². The van der Waals surface area contributed by atoms with E-state index < -0.39 is 11.8 Å². The predicted octanol–water partition coefficient (Wildman–Crippen LogP) is 2.83. The number of phenols is 1. The molecule has 0 amide bonds. The van der Waals surface area contributed by atoms with Crippen molar-refractivity contribution in [1.82, 2.24) is 0 Å². The SMILES string of the molecule is O=C(O)Cc1cc(-c2ccccc2O)ccc1F. The Morgan fingerprint density at radius 3 is 2.56 bits per heavy atom. The predicted molar refractivity (Wildman–Crippen MR) is 64.8 cm³/mol. The Morgan fingerprint density at radius 1 is 1.17 bits per heavy atom. The first-order valence-electron chi connectivity index (χ1n) is 5.36. The molecule has 4 heteroatoms. The number of benzene rings is 2. The molecular weight excluding hydrogens is 235 g/mol. The molecule has 92 valence electrons. The van der Waals surface area contributed by atoms with Crippen molar-refractivity contribution in [3.63, 3.8) is 0 Å². The first-order chi connectivity index (χ1) is 8.58. The standard InChI is InChI=1S/C14H11FO3/c15-12-6-5-9(7-10(12)8-14(17)18)11-3-1-2-4-13(11)16/h1-7,16H,8H2,(H,17,18). The number of phenolic OH excluding ortho intramolecular Hbond substituents is 1. The van der Waals surface area contributed by atoms with Gasteiger partial charge in [0.15, 0.2) is 0 Å². The van der Waals surface area contributed by atoms with Crippen LogP contribution in [0.2, 0.25) is 0 Å². The van der Waals surface area contributed by atoms with Crippen molar-refractivity contribution >= 4 is 5.97 Å². The number of aromatic hydroxyl groups is 1. The molecule has 0 aliphatic rings. The van der Waals surface area contributed by atoms with Gasteiger partial charge in [0.05, 0.1) is 6.42 Å². The Hall–Kier alpha value is -2.36. The van der Waals surface area contributed by atoms with E-state index in [4.69, 9.17) is 5.11 Å². The molecule has 0 spiro atoms. The minimum absolute atomic E-state index is 0.0744. The molecule has 0 atom stereocenters. The van der Waals surface area contributed by atoms with Crippen LogP contribution in [0.1, 0.15) is 5.56 Å². The van der Waals surface area contributed by atoms with Gasteiger partial charge in [0.2, 0.25) is 0 Å². The van der Waals surface area contributed by atoms with Gasteiger partial charge in [-0.1, -0.05) is 24.3 Å². The summed E-state index contributed by atoms with van der Waals surface area (Å²) in [4.78, 5) is 10.6. The summed E-state index contributed by atoms with van der Waals surface area (Å²) in [7, 11) is 0. The molecule has 0 aliphatic heterocycles. The van der Waals surface area contributed by atoms with Crippen molar-refractivity contribution in [3.05, 3.63) is 53.8 Å². The molecule has 0 saturated heterocycles. The van der Waals surface area contributed by atoms with E-state index in [9.17, 15) is 14.3 Å². The monoisotopic (exact) mass is 246 g/mol. The Balaban J connectivity index is 2.47. The first kappa shape index (κ1) is 12.1. The zero-order valence-electron chi connectivity index (χ0n) is 9.43. The molecule has 2 N–H and O–H groups in total. The second kappa shape index (κ2) is 4.87. The number of rotatable bonds is 3. The lowest BCUT2D eigenvalue weighted by Gasteiger charge is -2.07. The second-order valence-corrected chi connectivity index (χ2v) is 3.89. The molecule has 2 aromatic rings. The molecule has 0 aliphatic carbocycles. The third kappa shape index (κ3) is 2.48. The van der Waals surface area contributed by atoms with Crippen LogP contribution in [-0.4, -0.2) is 16.2 Å². The topological polar surface area (TPSA) is 57.5 Å². The quantitative estimate of drug-likeness (QED) is 0.875. The minimum Gasteiger partial charge on any atom is -0.507 e. The summed E-state index contributed by atoms with van der Waals surface area (Å²) in [5.41, 5.74) is 1.23. The molecule has 3 nitrogen and oxygen atoms in total. The van der Waals surface area contributed by atoms with Gasteiger partial charge in [0, 0.05) is 5.56 Å². The summed E-state index contributed by atoms with van der Waals surface area (Å²) < 4.78 is 13.4. The molecule has 2 rings (SSSR count). The maximum Gasteiger partial charge on any atom is 0.307 e. The molecule has 0 aromatic heterocycles. The Labute approximate surface area is 103 Å². The molecule has 0 radical (unpaired) electrons. The van der Waals surface area contributed by atoms with Crippen LogP contribution in [0.4, 0.5) is 4.39 Å². The minimum atomic E-state index is -1.09. The van der Waals surface area contributed by atoms with Gasteiger partial charge in [-0.2, -0.15) is 0 Å². The number of para-hydroxylation sites is 1. The third-order valence-corrected chi connectivity index (χ3v) is 2.60. The molecule has 0 saturated carbocycles. The van der Waals surface area contributed by atoms with E-state index in [2.05, 4.69) is 0 Å². The molecule has 0 heterocycles. The molecule has 18 heavy (non-hydrogen) atoms. The van der Waals surface area contributed by atoms with Crippen molar-refractivity contribution in [2.24, 2.45) is 0 Å². The van der Waals surface area contributed by atoms with Gasteiger partial charge in [-0.25, -0.2) is 4.39 Å². The van der Waals surface area contributed by atoms with Gasteiger partial charge in [-0.3, -0.25) is 4.79 Å². The Morgan fingerprint density at radius 2 is 1.89 bits per heavy atom. The van der Waals surface area contributed by atoms with Crippen LogP contribution in [0, 0.1) is 5.82 Å². The summed E-state index contributed by atoms with van der Waals surface area (Å²) in [6, 6.07) is 10.8. The van der Waals surface area contributed by atoms with E-state index in [-0.39, 0.29) is 17.7 Å². The second-order valence-electron chi connectivity index (χ2n) is 3.89. The first-order valence-corrected chi connectivity index (χ1v) is 5.36. The van der Waals surface area contributed by atoms with Crippen LogP contribution >= 0.6 is 0 Å².